The van der Waals surface area contributed by atoms with Crippen molar-refractivity contribution < 1.29 is 32.3 Å². The maximum Gasteiger partial charge on any atom is 0.416 e. The van der Waals surface area contributed by atoms with Crippen LogP contribution < -0.4 is 0 Å². The van der Waals surface area contributed by atoms with Crippen LogP contribution in [-0.2, 0) is 11.0 Å². The van der Waals surface area contributed by atoms with E-state index in [-0.39, 0.29) is 11.3 Å². The molecule has 9 heteroatoms. The van der Waals surface area contributed by atoms with Gasteiger partial charge < -0.3 is 10.0 Å². The summed E-state index contributed by atoms with van der Waals surface area (Å²) < 4.78 is 52.0. The van der Waals surface area contributed by atoms with Crippen molar-refractivity contribution in [3.05, 3.63) is 71.0 Å². The van der Waals surface area contributed by atoms with E-state index in [1.807, 2.05) is 0 Å². The molecule has 27 heavy (non-hydrogen) atoms. The Morgan fingerprint density at radius 3 is 2.37 bits per heavy atom. The normalized spacial score (nSPS) is 19.9. The number of halogens is 4. The molecule has 3 rings (SSSR count). The maximum atomic E-state index is 13.2. The number of nitrogens with zero attached hydrogens (tertiary/aromatic N) is 1. The molecule has 0 aromatic heterocycles. The van der Waals surface area contributed by atoms with Crippen LogP contribution in [0.3, 0.4) is 0 Å². The van der Waals surface area contributed by atoms with Gasteiger partial charge in [0.2, 0.25) is 0 Å². The van der Waals surface area contributed by atoms with Crippen molar-refractivity contribution in [3.8, 4) is 0 Å². The molecule has 1 heterocycles. The van der Waals surface area contributed by atoms with E-state index in [9.17, 15) is 32.3 Å². The highest BCUT2D eigenvalue weighted by atomic mass is 32.2. The number of carboxylic acid groups (broad SMARTS) is 1. The van der Waals surface area contributed by atoms with E-state index in [0.29, 0.717) is 11.6 Å². The number of hydrogen-bond donors (Lipinski definition) is 1. The third kappa shape index (κ3) is 3.92. The molecule has 0 spiro atoms. The van der Waals surface area contributed by atoms with E-state index in [4.69, 9.17) is 0 Å². The highest BCUT2D eigenvalue weighted by Crippen LogP contribution is 2.42. The SMILES string of the molecule is O=C(O)C1CSC(c2ccc(F)cc2)N1C(=O)c1cccc(C(F)(F)F)c1. The molecule has 4 nitrogen and oxygen atoms in total. The molecule has 1 fully saturated rings. The van der Waals surface area contributed by atoms with E-state index >= 15 is 0 Å². The first-order valence-corrected chi connectivity index (χ1v) is 8.83. The Bertz CT molecular complexity index is 870. The van der Waals surface area contributed by atoms with Gasteiger partial charge in [0.05, 0.1) is 5.56 Å². The molecule has 0 aliphatic carbocycles. The molecule has 142 valence electrons. The van der Waals surface area contributed by atoms with Crippen LogP contribution in [0.1, 0.15) is 26.9 Å². The second kappa shape index (κ2) is 7.22. The number of carbonyl (C=O) groups is 2. The molecular weight excluding hydrogens is 386 g/mol. The Labute approximate surface area is 155 Å². The predicted molar refractivity (Wildman–Crippen MR) is 90.6 cm³/mol. The van der Waals surface area contributed by atoms with Crippen LogP contribution in [0, 0.1) is 5.82 Å². The highest BCUT2D eigenvalue weighted by Gasteiger charge is 2.43. The largest absolute Gasteiger partial charge is 0.480 e. The number of hydrogen-bond acceptors (Lipinski definition) is 3. The second-order valence-electron chi connectivity index (χ2n) is 5.88. The summed E-state index contributed by atoms with van der Waals surface area (Å²) >= 11 is 1.16. The van der Waals surface area contributed by atoms with E-state index in [1.54, 1.807) is 0 Å². The standard InChI is InChI=1S/C18H13F4NO3S/c19-13-6-4-10(5-7-13)16-23(14(9-27-16)17(25)26)15(24)11-2-1-3-12(8-11)18(20,21)22/h1-8,14,16H,9H2,(H,25,26). The maximum absolute atomic E-state index is 13.2. The van der Waals surface area contributed by atoms with Crippen molar-refractivity contribution in [3.63, 3.8) is 0 Å². The number of rotatable bonds is 3. The van der Waals surface area contributed by atoms with Crippen LogP contribution >= 0.6 is 11.8 Å². The Kier molecular flexibility index (Phi) is 5.14. The molecule has 1 N–H and O–H groups in total. The van der Waals surface area contributed by atoms with E-state index in [0.717, 1.165) is 28.8 Å². The number of alkyl halides is 3. The molecule has 2 atom stereocenters. The van der Waals surface area contributed by atoms with Crippen LogP contribution in [0.25, 0.3) is 0 Å². The highest BCUT2D eigenvalue weighted by molar-refractivity contribution is 7.99. The third-order valence-corrected chi connectivity index (χ3v) is 5.44. The van der Waals surface area contributed by atoms with Crippen LogP contribution in [-0.4, -0.2) is 33.7 Å². The van der Waals surface area contributed by atoms with Crippen molar-refractivity contribution in [2.24, 2.45) is 0 Å². The Balaban J connectivity index is 1.99. The smallest absolute Gasteiger partial charge is 0.416 e. The third-order valence-electron chi connectivity index (χ3n) is 4.11. The van der Waals surface area contributed by atoms with Gasteiger partial charge in [0.25, 0.3) is 5.91 Å². The minimum Gasteiger partial charge on any atom is -0.480 e. The van der Waals surface area contributed by atoms with Crippen LogP contribution in [0.15, 0.2) is 48.5 Å². The van der Waals surface area contributed by atoms with Gasteiger partial charge >= 0.3 is 12.1 Å². The topological polar surface area (TPSA) is 57.6 Å². The lowest BCUT2D eigenvalue weighted by molar-refractivity contribution is -0.141. The minimum atomic E-state index is -4.63. The first-order chi connectivity index (χ1) is 12.7. The molecule has 1 aliphatic heterocycles. The predicted octanol–water partition coefficient (Wildman–Crippen LogP) is 4.19. The Hall–Kier alpha value is -2.55. The Morgan fingerprint density at radius 1 is 1.11 bits per heavy atom. The number of carboxylic acids is 1. The molecule has 2 aromatic carbocycles. The second-order valence-corrected chi connectivity index (χ2v) is 7.00. The fraction of sp³-hybridized carbons (Fsp3) is 0.222. The summed E-state index contributed by atoms with van der Waals surface area (Å²) in [5.41, 5.74) is -0.762. The first kappa shape index (κ1) is 19.2. The van der Waals surface area contributed by atoms with Gasteiger partial charge in [-0.1, -0.05) is 18.2 Å². The van der Waals surface area contributed by atoms with Gasteiger partial charge in [0.15, 0.2) is 0 Å². The summed E-state index contributed by atoms with van der Waals surface area (Å²) in [6.07, 6.45) is -4.63. The van der Waals surface area contributed by atoms with Crippen molar-refractivity contribution in [2.75, 3.05) is 5.75 Å². The number of thioether (sulfide) groups is 1. The summed E-state index contributed by atoms with van der Waals surface area (Å²) in [6, 6.07) is 7.84. The van der Waals surface area contributed by atoms with Gasteiger partial charge in [-0.25, -0.2) is 9.18 Å². The van der Waals surface area contributed by atoms with Crippen molar-refractivity contribution >= 4 is 23.6 Å². The van der Waals surface area contributed by atoms with Crippen molar-refractivity contribution in [2.45, 2.75) is 17.6 Å². The van der Waals surface area contributed by atoms with E-state index < -0.39 is 40.8 Å². The lowest BCUT2D eigenvalue weighted by Gasteiger charge is -2.28. The Morgan fingerprint density at radius 2 is 1.78 bits per heavy atom. The summed E-state index contributed by atoms with van der Waals surface area (Å²) in [6.45, 7) is 0. The van der Waals surface area contributed by atoms with E-state index in [2.05, 4.69) is 0 Å². The minimum absolute atomic E-state index is 0.0715. The fourth-order valence-corrected chi connectivity index (χ4v) is 4.23. The monoisotopic (exact) mass is 399 g/mol. The molecule has 0 radical (unpaired) electrons. The van der Waals surface area contributed by atoms with Gasteiger partial charge in [-0.15, -0.1) is 11.8 Å². The number of amides is 1. The molecule has 2 unspecified atom stereocenters. The van der Waals surface area contributed by atoms with Gasteiger partial charge in [-0.3, -0.25) is 4.79 Å². The molecule has 1 saturated heterocycles. The first-order valence-electron chi connectivity index (χ1n) is 7.78. The lowest BCUT2D eigenvalue weighted by atomic mass is 10.1. The fourth-order valence-electron chi connectivity index (χ4n) is 2.81. The molecule has 2 aromatic rings. The average molecular weight is 399 g/mol. The zero-order valence-corrected chi connectivity index (χ0v) is 14.4. The van der Waals surface area contributed by atoms with E-state index in [1.165, 1.54) is 30.3 Å². The van der Waals surface area contributed by atoms with Gasteiger partial charge in [0.1, 0.15) is 17.2 Å². The van der Waals surface area contributed by atoms with Crippen molar-refractivity contribution in [1.82, 2.24) is 4.90 Å². The van der Waals surface area contributed by atoms with Gasteiger partial charge in [0, 0.05) is 11.3 Å². The van der Waals surface area contributed by atoms with Gasteiger partial charge in [-0.2, -0.15) is 13.2 Å². The molecular formula is C18H13F4NO3S. The van der Waals surface area contributed by atoms with Gasteiger partial charge in [-0.05, 0) is 35.9 Å². The molecule has 0 bridgehead atoms. The number of benzene rings is 2. The van der Waals surface area contributed by atoms with Crippen LogP contribution in [0.5, 0.6) is 0 Å². The quantitative estimate of drug-likeness (QED) is 0.787. The summed E-state index contributed by atoms with van der Waals surface area (Å²) in [4.78, 5) is 25.5. The van der Waals surface area contributed by atoms with Crippen molar-refractivity contribution in [1.29, 1.82) is 0 Å². The average Bonchev–Trinajstić information content (AvgIpc) is 3.06. The molecule has 1 aliphatic rings. The number of carbonyl (C=O) groups excluding carboxylic acids is 1. The van der Waals surface area contributed by atoms with Crippen LogP contribution in [0.2, 0.25) is 0 Å². The zero-order chi connectivity index (χ0) is 19.8. The number of aliphatic carboxylic acids is 1. The summed E-state index contributed by atoms with van der Waals surface area (Å²) in [7, 11) is 0. The molecule has 0 saturated carbocycles. The summed E-state index contributed by atoms with van der Waals surface area (Å²) in [5.74, 6) is -2.50. The summed E-state index contributed by atoms with van der Waals surface area (Å²) in [5, 5.41) is 8.68. The lowest BCUT2D eigenvalue weighted by Crippen LogP contribution is -2.43. The molecule has 1 amide bonds. The van der Waals surface area contributed by atoms with Crippen LogP contribution in [0.4, 0.5) is 17.6 Å². The zero-order valence-electron chi connectivity index (χ0n) is 13.6.